The van der Waals surface area contributed by atoms with E-state index in [4.69, 9.17) is 11.5 Å². The van der Waals surface area contributed by atoms with Gasteiger partial charge in [0.2, 0.25) is 0 Å². The van der Waals surface area contributed by atoms with Crippen molar-refractivity contribution in [3.8, 4) is 0 Å². The molecule has 23 heavy (non-hydrogen) atoms. The SMILES string of the molecule is C=C/C=c1/c(NCc2ccc(CNC)cc2)c(N)c(N)nc1=C. The molecule has 1 aromatic heterocycles. The van der Waals surface area contributed by atoms with Gasteiger partial charge in [0.05, 0.1) is 16.7 Å². The Bertz CT molecular complexity index is 794. The third kappa shape index (κ3) is 3.90. The summed E-state index contributed by atoms with van der Waals surface area (Å²) in [6, 6.07) is 8.37. The lowest BCUT2D eigenvalue weighted by atomic mass is 10.1. The van der Waals surface area contributed by atoms with Crippen LogP contribution in [-0.2, 0) is 13.1 Å². The van der Waals surface area contributed by atoms with Gasteiger partial charge >= 0.3 is 0 Å². The van der Waals surface area contributed by atoms with Gasteiger partial charge < -0.3 is 22.1 Å². The lowest BCUT2D eigenvalue weighted by Gasteiger charge is -2.12. The van der Waals surface area contributed by atoms with Crippen LogP contribution in [-0.4, -0.2) is 12.0 Å². The van der Waals surface area contributed by atoms with Crippen LogP contribution in [0.3, 0.4) is 0 Å². The summed E-state index contributed by atoms with van der Waals surface area (Å²) in [5, 5.41) is 7.84. The number of pyridine rings is 1. The first-order valence-electron chi connectivity index (χ1n) is 7.39. The maximum atomic E-state index is 6.07. The summed E-state index contributed by atoms with van der Waals surface area (Å²) in [5.41, 5.74) is 15.5. The average molecular weight is 309 g/mol. The molecule has 1 heterocycles. The molecule has 0 amide bonds. The molecule has 2 rings (SSSR count). The molecule has 5 heteroatoms. The first-order chi connectivity index (χ1) is 11.1. The molecule has 0 spiro atoms. The maximum Gasteiger partial charge on any atom is 0.149 e. The fourth-order valence-electron chi connectivity index (χ4n) is 2.34. The standard InChI is InChI=1S/C18H23N5/c1-4-5-15-12(2)23-18(20)16(19)17(15)22-11-14-8-6-13(7-9-14)10-21-3/h4-9,21-22H,1-2,10-11,19H2,3H3,(H2,20,23)/b15-5+. The lowest BCUT2D eigenvalue weighted by molar-refractivity contribution is 0.817. The Kier molecular flexibility index (Phi) is 5.38. The predicted molar refractivity (Wildman–Crippen MR) is 99.0 cm³/mol. The van der Waals surface area contributed by atoms with Crippen LogP contribution in [0.1, 0.15) is 11.1 Å². The summed E-state index contributed by atoms with van der Waals surface area (Å²) in [5.74, 6) is 0.281. The number of nitrogens with two attached hydrogens (primary N) is 2. The molecule has 0 fully saturated rings. The second-order valence-corrected chi connectivity index (χ2v) is 5.25. The van der Waals surface area contributed by atoms with Crippen LogP contribution in [0.15, 0.2) is 36.9 Å². The van der Waals surface area contributed by atoms with Gasteiger partial charge in [-0.3, -0.25) is 0 Å². The third-order valence-corrected chi connectivity index (χ3v) is 3.54. The minimum atomic E-state index is 0.281. The van der Waals surface area contributed by atoms with E-state index in [0.717, 1.165) is 23.0 Å². The van der Waals surface area contributed by atoms with E-state index in [1.165, 1.54) is 5.56 Å². The van der Waals surface area contributed by atoms with E-state index in [0.29, 0.717) is 17.6 Å². The lowest BCUT2D eigenvalue weighted by Crippen LogP contribution is -2.32. The van der Waals surface area contributed by atoms with E-state index < -0.39 is 0 Å². The first-order valence-corrected chi connectivity index (χ1v) is 7.39. The maximum absolute atomic E-state index is 6.07. The van der Waals surface area contributed by atoms with Gasteiger partial charge in [0.25, 0.3) is 0 Å². The van der Waals surface area contributed by atoms with Crippen molar-refractivity contribution in [2.24, 2.45) is 0 Å². The van der Waals surface area contributed by atoms with Gasteiger partial charge in [0.1, 0.15) is 5.82 Å². The van der Waals surface area contributed by atoms with Gasteiger partial charge in [-0.25, -0.2) is 4.98 Å². The smallest absolute Gasteiger partial charge is 0.149 e. The summed E-state index contributed by atoms with van der Waals surface area (Å²) in [4.78, 5) is 4.16. The van der Waals surface area contributed by atoms with Crippen LogP contribution in [0.4, 0.5) is 17.2 Å². The summed E-state index contributed by atoms with van der Waals surface area (Å²) >= 11 is 0. The van der Waals surface area contributed by atoms with Crippen molar-refractivity contribution in [2.75, 3.05) is 23.8 Å². The van der Waals surface area contributed by atoms with E-state index in [9.17, 15) is 0 Å². The molecule has 2 aromatic rings. The number of benzene rings is 1. The van der Waals surface area contributed by atoms with Crippen molar-refractivity contribution in [3.63, 3.8) is 0 Å². The van der Waals surface area contributed by atoms with Crippen molar-refractivity contribution >= 4 is 29.8 Å². The summed E-state index contributed by atoms with van der Waals surface area (Å²) in [6.45, 7) is 9.12. The van der Waals surface area contributed by atoms with Crippen LogP contribution in [0.5, 0.6) is 0 Å². The molecule has 0 saturated heterocycles. The number of nitrogen functional groups attached to an aromatic ring is 2. The molecular formula is C18H23N5. The van der Waals surface area contributed by atoms with Crippen LogP contribution < -0.4 is 32.7 Å². The van der Waals surface area contributed by atoms with Crippen molar-refractivity contribution in [1.82, 2.24) is 10.3 Å². The summed E-state index contributed by atoms with van der Waals surface area (Å²) in [6.07, 6.45) is 3.50. The van der Waals surface area contributed by atoms with Crippen LogP contribution >= 0.6 is 0 Å². The molecule has 5 nitrogen and oxygen atoms in total. The number of nitrogens with one attached hydrogen (secondary N) is 2. The quantitative estimate of drug-likeness (QED) is 0.638. The molecule has 0 bridgehead atoms. The molecule has 0 atom stereocenters. The molecule has 0 aliphatic rings. The van der Waals surface area contributed by atoms with Gasteiger partial charge in [0.15, 0.2) is 0 Å². The van der Waals surface area contributed by atoms with E-state index in [1.807, 2.05) is 13.1 Å². The van der Waals surface area contributed by atoms with Gasteiger partial charge in [-0.15, -0.1) is 0 Å². The van der Waals surface area contributed by atoms with Gasteiger partial charge in [-0.05, 0) is 18.2 Å². The van der Waals surface area contributed by atoms with Crippen molar-refractivity contribution in [1.29, 1.82) is 0 Å². The molecule has 120 valence electrons. The largest absolute Gasteiger partial charge is 0.394 e. The second-order valence-electron chi connectivity index (χ2n) is 5.25. The Hall–Kier alpha value is -2.79. The molecule has 0 saturated carbocycles. The number of rotatable bonds is 6. The number of allylic oxidation sites excluding steroid dienone is 1. The Morgan fingerprint density at radius 2 is 1.74 bits per heavy atom. The normalized spacial score (nSPS) is 11.4. The van der Waals surface area contributed by atoms with E-state index in [-0.39, 0.29) is 5.82 Å². The van der Waals surface area contributed by atoms with E-state index >= 15 is 0 Å². The Morgan fingerprint density at radius 3 is 2.30 bits per heavy atom. The van der Waals surface area contributed by atoms with E-state index in [1.54, 1.807) is 6.08 Å². The summed E-state index contributed by atoms with van der Waals surface area (Å²) < 4.78 is 0. The average Bonchev–Trinajstić information content (AvgIpc) is 2.54. The topological polar surface area (TPSA) is 89.0 Å². The highest BCUT2D eigenvalue weighted by Crippen LogP contribution is 2.18. The zero-order chi connectivity index (χ0) is 16.8. The number of nitrogens with zero attached hydrogens (tertiary/aromatic N) is 1. The molecular weight excluding hydrogens is 286 g/mol. The Labute approximate surface area is 136 Å². The molecule has 1 aromatic carbocycles. The van der Waals surface area contributed by atoms with Crippen LogP contribution in [0, 0.1) is 0 Å². The Morgan fingerprint density at radius 1 is 1.13 bits per heavy atom. The predicted octanol–water partition coefficient (Wildman–Crippen LogP) is 0.954. The minimum Gasteiger partial charge on any atom is -0.394 e. The molecule has 0 aliphatic heterocycles. The van der Waals surface area contributed by atoms with Crippen LogP contribution in [0.2, 0.25) is 0 Å². The van der Waals surface area contributed by atoms with Gasteiger partial charge in [0, 0.05) is 18.3 Å². The fraction of sp³-hybridized carbons (Fsp3) is 0.167. The van der Waals surface area contributed by atoms with Gasteiger partial charge in [-0.2, -0.15) is 0 Å². The molecule has 0 aliphatic carbocycles. The number of aromatic nitrogens is 1. The zero-order valence-electron chi connectivity index (χ0n) is 13.4. The molecule has 0 unspecified atom stereocenters. The highest BCUT2D eigenvalue weighted by Gasteiger charge is 2.07. The number of hydrogen-bond acceptors (Lipinski definition) is 5. The Balaban J connectivity index is 2.28. The van der Waals surface area contributed by atoms with Crippen LogP contribution in [0.25, 0.3) is 12.7 Å². The zero-order valence-corrected chi connectivity index (χ0v) is 13.4. The highest BCUT2D eigenvalue weighted by molar-refractivity contribution is 5.77. The highest BCUT2D eigenvalue weighted by atomic mass is 14.9. The number of anilines is 3. The fourth-order valence-corrected chi connectivity index (χ4v) is 2.34. The van der Waals surface area contributed by atoms with Crippen molar-refractivity contribution in [3.05, 3.63) is 58.6 Å². The molecule has 6 N–H and O–H groups in total. The second kappa shape index (κ2) is 7.47. The molecule has 0 radical (unpaired) electrons. The first kappa shape index (κ1) is 16.6. The van der Waals surface area contributed by atoms with E-state index in [2.05, 4.69) is 53.0 Å². The van der Waals surface area contributed by atoms with Crippen molar-refractivity contribution in [2.45, 2.75) is 13.1 Å². The third-order valence-electron chi connectivity index (χ3n) is 3.54. The van der Waals surface area contributed by atoms with Gasteiger partial charge in [-0.1, -0.05) is 49.6 Å². The summed E-state index contributed by atoms with van der Waals surface area (Å²) in [7, 11) is 1.93. The minimum absolute atomic E-state index is 0.281. The van der Waals surface area contributed by atoms with Crippen molar-refractivity contribution < 1.29 is 0 Å². The number of hydrogen-bond donors (Lipinski definition) is 4. The monoisotopic (exact) mass is 309 g/mol.